The van der Waals surface area contributed by atoms with E-state index in [1.807, 2.05) is 6.92 Å². The van der Waals surface area contributed by atoms with Crippen LogP contribution in [0.25, 0.3) is 0 Å². The molecule has 4 N–H and O–H groups in total. The van der Waals surface area contributed by atoms with Crippen LogP contribution < -0.4 is 11.1 Å². The number of rotatable bonds is 4. The minimum atomic E-state index is -0.807. The molecule has 0 spiro atoms. The van der Waals surface area contributed by atoms with Crippen LogP contribution in [-0.2, 0) is 0 Å². The van der Waals surface area contributed by atoms with Gasteiger partial charge in [0.05, 0.1) is 23.5 Å². The van der Waals surface area contributed by atoms with Gasteiger partial charge in [0.1, 0.15) is 5.82 Å². The lowest BCUT2D eigenvalue weighted by atomic mass is 9.99. The maximum atomic E-state index is 13.2. The molecule has 0 aromatic heterocycles. The van der Waals surface area contributed by atoms with Crippen LogP contribution in [-0.4, -0.2) is 17.3 Å². The summed E-state index contributed by atoms with van der Waals surface area (Å²) in [6.07, 6.45) is 0.598. The van der Waals surface area contributed by atoms with E-state index in [0.29, 0.717) is 6.42 Å². The predicted molar refractivity (Wildman–Crippen MR) is 60.2 cm³/mol. The van der Waals surface area contributed by atoms with Gasteiger partial charge in [-0.1, -0.05) is 6.92 Å². The molecule has 1 aromatic rings. The molecule has 0 aliphatic rings. The molecule has 0 heterocycles. The second kappa shape index (κ2) is 4.65. The van der Waals surface area contributed by atoms with Crippen molar-refractivity contribution in [2.45, 2.75) is 25.8 Å². The largest absolute Gasteiger partial charge is 0.395 e. The number of hydrogen-bond donors (Lipinski definition) is 3. The number of nitrogens with two attached hydrogens (primary N) is 1. The first kappa shape index (κ1) is 12.7. The standard InChI is InChI=1S/C11H16F2N2O/c1-3-11(2,6-16)15-9-5-7(12)4-8(13)10(9)14/h4-5,15-16H,3,6,14H2,1-2H3. The number of halogens is 2. The zero-order chi connectivity index (χ0) is 12.3. The molecule has 0 saturated carbocycles. The number of nitrogen functional groups attached to an aromatic ring is 1. The highest BCUT2D eigenvalue weighted by Crippen LogP contribution is 2.27. The average Bonchev–Trinajstić information content (AvgIpc) is 2.25. The summed E-state index contributed by atoms with van der Waals surface area (Å²) in [5.74, 6) is -1.51. The van der Waals surface area contributed by atoms with E-state index < -0.39 is 17.2 Å². The summed E-state index contributed by atoms with van der Waals surface area (Å²) >= 11 is 0. The number of benzene rings is 1. The molecule has 1 unspecified atom stereocenters. The Labute approximate surface area is 93.3 Å². The lowest BCUT2D eigenvalue weighted by Crippen LogP contribution is -2.38. The van der Waals surface area contributed by atoms with Crippen LogP contribution in [0.5, 0.6) is 0 Å². The summed E-state index contributed by atoms with van der Waals surface area (Å²) in [5, 5.41) is 12.0. The highest BCUT2D eigenvalue weighted by molar-refractivity contribution is 5.67. The number of aliphatic hydroxyl groups is 1. The van der Waals surface area contributed by atoms with Gasteiger partial charge in [-0.3, -0.25) is 0 Å². The van der Waals surface area contributed by atoms with E-state index in [9.17, 15) is 13.9 Å². The molecular formula is C11H16F2N2O. The first-order valence-corrected chi connectivity index (χ1v) is 5.05. The molecule has 0 aliphatic heterocycles. The van der Waals surface area contributed by atoms with Gasteiger partial charge in [-0.2, -0.15) is 0 Å². The number of nitrogens with one attached hydrogen (secondary N) is 1. The van der Waals surface area contributed by atoms with Gasteiger partial charge >= 0.3 is 0 Å². The van der Waals surface area contributed by atoms with Crippen LogP contribution in [0.15, 0.2) is 12.1 Å². The molecule has 0 fully saturated rings. The normalized spacial score (nSPS) is 14.6. The molecule has 1 atom stereocenters. The SMILES string of the molecule is CCC(C)(CO)Nc1cc(F)cc(F)c1N. The van der Waals surface area contributed by atoms with E-state index in [-0.39, 0.29) is 18.0 Å². The highest BCUT2D eigenvalue weighted by Gasteiger charge is 2.22. The van der Waals surface area contributed by atoms with Crippen LogP contribution in [0.4, 0.5) is 20.2 Å². The van der Waals surface area contributed by atoms with Crippen LogP contribution in [0.1, 0.15) is 20.3 Å². The molecule has 0 aliphatic carbocycles. The molecule has 0 bridgehead atoms. The Balaban J connectivity index is 3.05. The highest BCUT2D eigenvalue weighted by atomic mass is 19.1. The first-order chi connectivity index (χ1) is 7.41. The third-order valence-electron chi connectivity index (χ3n) is 2.66. The third kappa shape index (κ3) is 2.61. The summed E-state index contributed by atoms with van der Waals surface area (Å²) in [4.78, 5) is 0. The quantitative estimate of drug-likeness (QED) is 0.694. The molecule has 0 radical (unpaired) electrons. The fourth-order valence-electron chi connectivity index (χ4n) is 1.25. The Morgan fingerprint density at radius 3 is 2.56 bits per heavy atom. The summed E-state index contributed by atoms with van der Waals surface area (Å²) < 4.78 is 26.1. The van der Waals surface area contributed by atoms with Crippen molar-refractivity contribution >= 4 is 11.4 Å². The van der Waals surface area contributed by atoms with Crippen molar-refractivity contribution < 1.29 is 13.9 Å². The molecule has 1 aromatic carbocycles. The molecular weight excluding hydrogens is 214 g/mol. The van der Waals surface area contributed by atoms with Crippen molar-refractivity contribution in [3.05, 3.63) is 23.8 Å². The van der Waals surface area contributed by atoms with Gasteiger partial charge in [-0.15, -0.1) is 0 Å². The van der Waals surface area contributed by atoms with Gasteiger partial charge in [0.15, 0.2) is 5.82 Å². The van der Waals surface area contributed by atoms with Crippen LogP contribution >= 0.6 is 0 Å². The van der Waals surface area contributed by atoms with Gasteiger partial charge < -0.3 is 16.2 Å². The van der Waals surface area contributed by atoms with Crippen LogP contribution in [0.2, 0.25) is 0 Å². The summed E-state index contributed by atoms with van der Waals surface area (Å²) in [7, 11) is 0. The minimum Gasteiger partial charge on any atom is -0.395 e. The van der Waals surface area contributed by atoms with E-state index in [0.717, 1.165) is 12.1 Å². The molecule has 0 saturated heterocycles. The van der Waals surface area contributed by atoms with E-state index in [1.165, 1.54) is 0 Å². The lowest BCUT2D eigenvalue weighted by molar-refractivity contribution is 0.219. The molecule has 90 valence electrons. The van der Waals surface area contributed by atoms with Crippen LogP contribution in [0.3, 0.4) is 0 Å². The molecule has 0 amide bonds. The van der Waals surface area contributed by atoms with Crippen molar-refractivity contribution in [3.8, 4) is 0 Å². The van der Waals surface area contributed by atoms with Gasteiger partial charge in [0.2, 0.25) is 0 Å². The summed E-state index contributed by atoms with van der Waals surface area (Å²) in [6, 6.07) is 1.84. The molecule has 16 heavy (non-hydrogen) atoms. The Morgan fingerprint density at radius 1 is 1.44 bits per heavy atom. The summed E-state index contributed by atoms with van der Waals surface area (Å²) in [6.45, 7) is 3.45. The van der Waals surface area contributed by atoms with Crippen molar-refractivity contribution in [1.29, 1.82) is 0 Å². The van der Waals surface area contributed by atoms with Crippen molar-refractivity contribution in [2.75, 3.05) is 17.7 Å². The maximum Gasteiger partial charge on any atom is 0.151 e. The molecule has 1 rings (SSSR count). The Hall–Kier alpha value is -1.36. The third-order valence-corrected chi connectivity index (χ3v) is 2.66. The monoisotopic (exact) mass is 230 g/mol. The fraction of sp³-hybridized carbons (Fsp3) is 0.455. The van der Waals surface area contributed by atoms with Gasteiger partial charge in [0, 0.05) is 6.07 Å². The van der Waals surface area contributed by atoms with Crippen molar-refractivity contribution in [1.82, 2.24) is 0 Å². The van der Waals surface area contributed by atoms with E-state index >= 15 is 0 Å². The van der Waals surface area contributed by atoms with Gasteiger partial charge in [-0.05, 0) is 19.4 Å². The van der Waals surface area contributed by atoms with E-state index in [2.05, 4.69) is 5.32 Å². The topological polar surface area (TPSA) is 58.3 Å². The molecule has 5 heteroatoms. The Bertz CT molecular complexity index is 378. The number of anilines is 2. The fourth-order valence-corrected chi connectivity index (χ4v) is 1.25. The smallest absolute Gasteiger partial charge is 0.151 e. The maximum absolute atomic E-state index is 13.2. The lowest BCUT2D eigenvalue weighted by Gasteiger charge is -2.29. The second-order valence-corrected chi connectivity index (χ2v) is 4.05. The molecule has 3 nitrogen and oxygen atoms in total. The van der Waals surface area contributed by atoms with Gasteiger partial charge in [-0.25, -0.2) is 8.78 Å². The first-order valence-electron chi connectivity index (χ1n) is 5.05. The minimum absolute atomic E-state index is 0.144. The van der Waals surface area contributed by atoms with Crippen molar-refractivity contribution in [3.63, 3.8) is 0 Å². The van der Waals surface area contributed by atoms with E-state index in [4.69, 9.17) is 5.73 Å². The number of aliphatic hydroxyl groups excluding tert-OH is 1. The second-order valence-electron chi connectivity index (χ2n) is 4.05. The average molecular weight is 230 g/mol. The van der Waals surface area contributed by atoms with Crippen LogP contribution in [0, 0.1) is 11.6 Å². The Morgan fingerprint density at radius 2 is 2.06 bits per heavy atom. The Kier molecular flexibility index (Phi) is 3.70. The van der Waals surface area contributed by atoms with E-state index in [1.54, 1.807) is 6.92 Å². The zero-order valence-corrected chi connectivity index (χ0v) is 9.35. The zero-order valence-electron chi connectivity index (χ0n) is 9.35. The van der Waals surface area contributed by atoms with Crippen molar-refractivity contribution in [2.24, 2.45) is 0 Å². The summed E-state index contributed by atoms with van der Waals surface area (Å²) in [5.41, 5.74) is 4.86. The predicted octanol–water partition coefficient (Wildman–Crippen LogP) is 2.12. The van der Waals surface area contributed by atoms with Gasteiger partial charge in [0.25, 0.3) is 0 Å². The number of hydrogen-bond acceptors (Lipinski definition) is 3.